The van der Waals surface area contributed by atoms with Crippen molar-refractivity contribution in [1.82, 2.24) is 19.6 Å². The molecule has 0 aliphatic carbocycles. The van der Waals surface area contributed by atoms with Crippen molar-refractivity contribution in [2.75, 3.05) is 14.2 Å². The third-order valence-electron chi connectivity index (χ3n) is 5.70. The van der Waals surface area contributed by atoms with E-state index in [0.29, 0.717) is 17.2 Å². The molecule has 0 saturated carbocycles. The predicted molar refractivity (Wildman–Crippen MR) is 130 cm³/mol. The molecule has 166 valence electrons. The first-order valence-electron chi connectivity index (χ1n) is 10.7. The summed E-state index contributed by atoms with van der Waals surface area (Å²) in [5, 5.41) is 13.8. The van der Waals surface area contributed by atoms with E-state index in [1.807, 2.05) is 66.0 Å². The van der Waals surface area contributed by atoms with Gasteiger partial charge < -0.3 is 9.47 Å². The molecular weight excluding hydrogens is 426 g/mol. The highest BCUT2D eigenvalue weighted by atomic mass is 16.5. The summed E-state index contributed by atoms with van der Waals surface area (Å²) in [6, 6.07) is 23.5. The van der Waals surface area contributed by atoms with Gasteiger partial charge in [0.15, 0.2) is 17.1 Å². The monoisotopic (exact) mass is 447 g/mol. The lowest BCUT2D eigenvalue weighted by Gasteiger charge is -2.10. The first-order valence-corrected chi connectivity index (χ1v) is 10.7. The summed E-state index contributed by atoms with van der Waals surface area (Å²) < 4.78 is 12.7. The van der Waals surface area contributed by atoms with E-state index in [0.717, 1.165) is 45.0 Å². The van der Waals surface area contributed by atoms with Crippen LogP contribution in [0.15, 0.2) is 72.9 Å². The molecule has 3 heterocycles. The summed E-state index contributed by atoms with van der Waals surface area (Å²) in [6.07, 6.45) is 1.71. The highest BCUT2D eigenvalue weighted by Crippen LogP contribution is 2.33. The minimum Gasteiger partial charge on any atom is -0.493 e. The Morgan fingerprint density at radius 3 is 2.18 bits per heavy atom. The lowest BCUT2D eigenvalue weighted by molar-refractivity contribution is 0.355. The summed E-state index contributed by atoms with van der Waals surface area (Å²) in [5.74, 6) is 1.32. The number of pyridine rings is 1. The predicted octanol–water partition coefficient (Wildman–Crippen LogP) is 5.32. The van der Waals surface area contributed by atoms with Crippen LogP contribution in [0, 0.1) is 18.3 Å². The Bertz CT molecular complexity index is 1530. The molecular formula is C27H21N5O2. The summed E-state index contributed by atoms with van der Waals surface area (Å²) in [7, 11) is 3.23. The van der Waals surface area contributed by atoms with Gasteiger partial charge in [0, 0.05) is 22.9 Å². The number of benzene rings is 2. The molecule has 34 heavy (non-hydrogen) atoms. The van der Waals surface area contributed by atoms with E-state index < -0.39 is 0 Å². The van der Waals surface area contributed by atoms with Crippen molar-refractivity contribution < 1.29 is 9.47 Å². The molecule has 0 spiro atoms. The topological polar surface area (TPSA) is 85.3 Å². The van der Waals surface area contributed by atoms with Crippen molar-refractivity contribution in [3.05, 3.63) is 84.3 Å². The molecule has 0 fully saturated rings. The number of imidazole rings is 1. The first-order chi connectivity index (χ1) is 16.6. The van der Waals surface area contributed by atoms with Crippen LogP contribution >= 0.6 is 0 Å². The van der Waals surface area contributed by atoms with E-state index in [1.54, 1.807) is 26.5 Å². The Morgan fingerprint density at radius 2 is 1.50 bits per heavy atom. The molecule has 2 aromatic carbocycles. The number of methoxy groups -OCH3 is 2. The second kappa shape index (κ2) is 8.68. The van der Waals surface area contributed by atoms with E-state index in [9.17, 15) is 0 Å². The van der Waals surface area contributed by atoms with Crippen LogP contribution in [0.5, 0.6) is 11.5 Å². The summed E-state index contributed by atoms with van der Waals surface area (Å²) in [5.41, 5.74) is 7.70. The molecule has 7 nitrogen and oxygen atoms in total. The van der Waals surface area contributed by atoms with Gasteiger partial charge in [-0.1, -0.05) is 24.3 Å². The molecule has 0 N–H and O–H groups in total. The van der Waals surface area contributed by atoms with Gasteiger partial charge in [-0.25, -0.2) is 14.5 Å². The second-order valence-corrected chi connectivity index (χ2v) is 7.73. The lowest BCUT2D eigenvalue weighted by Crippen LogP contribution is -1.98. The molecule has 0 aliphatic heterocycles. The Labute approximate surface area is 196 Å². The average Bonchev–Trinajstić information content (AvgIpc) is 3.23. The molecule has 0 bridgehead atoms. The van der Waals surface area contributed by atoms with Gasteiger partial charge in [-0.15, -0.1) is 0 Å². The first kappa shape index (κ1) is 21.2. The zero-order valence-corrected chi connectivity index (χ0v) is 19.0. The highest BCUT2D eigenvalue weighted by molar-refractivity contribution is 5.72. The summed E-state index contributed by atoms with van der Waals surface area (Å²) in [6.45, 7) is 1.98. The summed E-state index contributed by atoms with van der Waals surface area (Å²) >= 11 is 0. The molecule has 0 radical (unpaired) electrons. The van der Waals surface area contributed by atoms with Gasteiger partial charge in [0.05, 0.1) is 31.3 Å². The minimum absolute atomic E-state index is 0.401. The zero-order chi connectivity index (χ0) is 23.7. The number of nitriles is 1. The molecule has 0 unspecified atom stereocenters. The highest BCUT2D eigenvalue weighted by Gasteiger charge is 2.15. The molecule has 0 aliphatic rings. The van der Waals surface area contributed by atoms with Gasteiger partial charge in [-0.05, 0) is 55.0 Å². The van der Waals surface area contributed by atoms with Crippen molar-refractivity contribution in [1.29, 1.82) is 5.26 Å². The van der Waals surface area contributed by atoms with Gasteiger partial charge in [-0.3, -0.25) is 0 Å². The Hall–Kier alpha value is -4.70. The van der Waals surface area contributed by atoms with Crippen LogP contribution in [0.1, 0.15) is 11.4 Å². The van der Waals surface area contributed by atoms with E-state index in [1.165, 1.54) is 0 Å². The largest absolute Gasteiger partial charge is 0.493 e. The molecule has 5 rings (SSSR count). The standard InChI is InChI=1S/C27H21N5O2/c1-17-27(19-6-4-18(5-7-19)21-8-10-22(15-28)29-16-21)32-26(30-17)13-11-23(31-32)20-9-12-24(33-2)25(14-20)34-3/h4-14,16H,1-3H3. The van der Waals surface area contributed by atoms with Crippen molar-refractivity contribution in [2.24, 2.45) is 0 Å². The van der Waals surface area contributed by atoms with Crippen LogP contribution in [0.25, 0.3) is 39.3 Å². The maximum atomic E-state index is 8.96. The van der Waals surface area contributed by atoms with Gasteiger partial charge in [0.2, 0.25) is 0 Å². The molecule has 0 atom stereocenters. The zero-order valence-electron chi connectivity index (χ0n) is 19.0. The fourth-order valence-electron chi connectivity index (χ4n) is 3.98. The molecule has 0 saturated heterocycles. The number of aromatic nitrogens is 4. The van der Waals surface area contributed by atoms with Gasteiger partial charge >= 0.3 is 0 Å². The average molecular weight is 447 g/mol. The maximum Gasteiger partial charge on any atom is 0.161 e. The van der Waals surface area contributed by atoms with Crippen molar-refractivity contribution in [3.8, 4) is 51.2 Å². The molecule has 7 heteroatoms. The fraction of sp³-hybridized carbons (Fsp3) is 0.111. The summed E-state index contributed by atoms with van der Waals surface area (Å²) in [4.78, 5) is 8.86. The lowest BCUT2D eigenvalue weighted by atomic mass is 10.0. The third kappa shape index (κ3) is 3.71. The third-order valence-corrected chi connectivity index (χ3v) is 5.70. The van der Waals surface area contributed by atoms with Crippen LogP contribution in [0.2, 0.25) is 0 Å². The number of nitrogens with zero attached hydrogens (tertiary/aromatic N) is 5. The van der Waals surface area contributed by atoms with Crippen molar-refractivity contribution >= 4 is 5.65 Å². The van der Waals surface area contributed by atoms with E-state index in [4.69, 9.17) is 24.8 Å². The van der Waals surface area contributed by atoms with E-state index >= 15 is 0 Å². The number of rotatable bonds is 5. The molecule has 3 aromatic heterocycles. The normalized spacial score (nSPS) is 10.8. The number of ether oxygens (including phenoxy) is 2. The molecule has 5 aromatic rings. The maximum absolute atomic E-state index is 8.96. The van der Waals surface area contributed by atoms with Gasteiger partial charge in [-0.2, -0.15) is 10.4 Å². The quantitative estimate of drug-likeness (QED) is 0.362. The Balaban J connectivity index is 1.55. The number of aryl methyl sites for hydroxylation is 1. The second-order valence-electron chi connectivity index (χ2n) is 7.73. The van der Waals surface area contributed by atoms with Crippen molar-refractivity contribution in [2.45, 2.75) is 6.92 Å². The molecule has 0 amide bonds. The number of hydrogen-bond acceptors (Lipinski definition) is 6. The Kier molecular flexibility index (Phi) is 5.40. The SMILES string of the molecule is COc1ccc(-c2ccc3nc(C)c(-c4ccc(-c5ccc(C#N)nc5)cc4)n3n2)cc1OC. The Morgan fingerprint density at radius 1 is 0.794 bits per heavy atom. The minimum atomic E-state index is 0.401. The van der Waals surface area contributed by atoms with Crippen LogP contribution in [0.4, 0.5) is 0 Å². The van der Waals surface area contributed by atoms with Crippen LogP contribution in [0.3, 0.4) is 0 Å². The van der Waals surface area contributed by atoms with Crippen molar-refractivity contribution in [3.63, 3.8) is 0 Å². The van der Waals surface area contributed by atoms with Crippen LogP contribution in [-0.4, -0.2) is 33.8 Å². The smallest absolute Gasteiger partial charge is 0.161 e. The van der Waals surface area contributed by atoms with Crippen LogP contribution < -0.4 is 9.47 Å². The van der Waals surface area contributed by atoms with Crippen LogP contribution in [-0.2, 0) is 0 Å². The number of hydrogen-bond donors (Lipinski definition) is 0. The number of fused-ring (bicyclic) bond motifs is 1. The fourth-order valence-corrected chi connectivity index (χ4v) is 3.98. The van der Waals surface area contributed by atoms with E-state index in [-0.39, 0.29) is 0 Å². The van der Waals surface area contributed by atoms with Gasteiger partial charge in [0.1, 0.15) is 11.8 Å². The van der Waals surface area contributed by atoms with E-state index in [2.05, 4.69) is 17.1 Å². The van der Waals surface area contributed by atoms with Gasteiger partial charge in [0.25, 0.3) is 0 Å².